The van der Waals surface area contributed by atoms with E-state index >= 15 is 0 Å². The van der Waals surface area contributed by atoms with Gasteiger partial charge >= 0.3 is 0 Å². The molecule has 2 rings (SSSR count). The molecular formula is C15H15BrFN. The van der Waals surface area contributed by atoms with E-state index < -0.39 is 0 Å². The van der Waals surface area contributed by atoms with Crippen molar-refractivity contribution in [3.05, 3.63) is 63.4 Å². The molecule has 0 aliphatic carbocycles. The number of hydrogen-bond donors (Lipinski definition) is 1. The van der Waals surface area contributed by atoms with Crippen LogP contribution in [0.4, 0.5) is 10.1 Å². The van der Waals surface area contributed by atoms with Crippen LogP contribution in [0.3, 0.4) is 0 Å². The monoisotopic (exact) mass is 307 g/mol. The number of nitrogens with one attached hydrogen (secondary N) is 1. The average Bonchev–Trinajstić information content (AvgIpc) is 2.34. The first-order chi connectivity index (χ1) is 8.56. The maximum absolute atomic E-state index is 13.2. The van der Waals surface area contributed by atoms with Crippen molar-refractivity contribution >= 4 is 21.6 Å². The van der Waals surface area contributed by atoms with Gasteiger partial charge in [0.15, 0.2) is 0 Å². The zero-order valence-corrected chi connectivity index (χ0v) is 12.0. The van der Waals surface area contributed by atoms with E-state index in [0.29, 0.717) is 12.1 Å². The van der Waals surface area contributed by atoms with Gasteiger partial charge in [0.25, 0.3) is 0 Å². The molecule has 0 atom stereocenters. The highest BCUT2D eigenvalue weighted by molar-refractivity contribution is 9.10. The van der Waals surface area contributed by atoms with Gasteiger partial charge in [0.05, 0.1) is 0 Å². The summed E-state index contributed by atoms with van der Waals surface area (Å²) in [6.07, 6.45) is 0. The van der Waals surface area contributed by atoms with Crippen molar-refractivity contribution in [1.82, 2.24) is 0 Å². The van der Waals surface area contributed by atoms with Crippen molar-refractivity contribution in [3.63, 3.8) is 0 Å². The van der Waals surface area contributed by atoms with Crippen LogP contribution in [0.2, 0.25) is 0 Å². The molecule has 0 aromatic heterocycles. The summed E-state index contributed by atoms with van der Waals surface area (Å²) < 4.78 is 14.2. The number of aryl methyl sites for hydroxylation is 2. The molecule has 0 radical (unpaired) electrons. The first kappa shape index (κ1) is 13.1. The van der Waals surface area contributed by atoms with E-state index in [0.717, 1.165) is 15.7 Å². The van der Waals surface area contributed by atoms with Gasteiger partial charge in [0.2, 0.25) is 0 Å². The van der Waals surface area contributed by atoms with Crippen molar-refractivity contribution in [2.24, 2.45) is 0 Å². The highest BCUT2D eigenvalue weighted by Gasteiger charge is 2.01. The van der Waals surface area contributed by atoms with Gasteiger partial charge in [-0.15, -0.1) is 0 Å². The minimum Gasteiger partial charge on any atom is -0.381 e. The zero-order chi connectivity index (χ0) is 13.1. The average molecular weight is 308 g/mol. The van der Waals surface area contributed by atoms with E-state index in [-0.39, 0.29) is 5.82 Å². The summed E-state index contributed by atoms with van der Waals surface area (Å²) in [6, 6.07) is 11.3. The van der Waals surface area contributed by atoms with E-state index in [1.807, 2.05) is 24.3 Å². The Morgan fingerprint density at radius 3 is 2.56 bits per heavy atom. The summed E-state index contributed by atoms with van der Waals surface area (Å²) in [5.74, 6) is -0.155. The fourth-order valence-corrected chi connectivity index (χ4v) is 2.16. The van der Waals surface area contributed by atoms with Crippen LogP contribution < -0.4 is 5.32 Å². The summed E-state index contributed by atoms with van der Waals surface area (Å²) in [7, 11) is 0. The maximum atomic E-state index is 13.2. The van der Waals surface area contributed by atoms with Crippen LogP contribution in [0.25, 0.3) is 0 Å². The molecule has 0 saturated heterocycles. The molecule has 0 bridgehead atoms. The fourth-order valence-electron chi connectivity index (χ4n) is 1.80. The smallest absolute Gasteiger partial charge is 0.126 e. The van der Waals surface area contributed by atoms with Crippen LogP contribution >= 0.6 is 15.9 Å². The summed E-state index contributed by atoms with van der Waals surface area (Å²) >= 11 is 3.45. The second-order valence-corrected chi connectivity index (χ2v) is 5.31. The van der Waals surface area contributed by atoms with Crippen LogP contribution in [0.15, 0.2) is 40.9 Å². The SMILES string of the molecule is Cc1cc(CNc2cc(Br)ccc2C)ccc1F. The molecule has 1 nitrogen and oxygen atoms in total. The summed E-state index contributed by atoms with van der Waals surface area (Å²) in [5, 5.41) is 3.36. The molecule has 2 aromatic carbocycles. The minimum absolute atomic E-state index is 0.155. The van der Waals surface area contributed by atoms with E-state index in [4.69, 9.17) is 0 Å². The molecule has 0 saturated carbocycles. The van der Waals surface area contributed by atoms with Gasteiger partial charge in [-0.2, -0.15) is 0 Å². The van der Waals surface area contributed by atoms with E-state index in [1.54, 1.807) is 6.92 Å². The molecule has 1 N–H and O–H groups in total. The summed E-state index contributed by atoms with van der Waals surface area (Å²) in [5.41, 5.74) is 4.04. The fraction of sp³-hybridized carbons (Fsp3) is 0.200. The number of hydrogen-bond acceptors (Lipinski definition) is 1. The van der Waals surface area contributed by atoms with E-state index in [1.165, 1.54) is 11.6 Å². The Kier molecular flexibility index (Phi) is 4.02. The Morgan fingerprint density at radius 2 is 1.83 bits per heavy atom. The lowest BCUT2D eigenvalue weighted by molar-refractivity contribution is 0.617. The van der Waals surface area contributed by atoms with Gasteiger partial charge in [0.1, 0.15) is 5.82 Å². The lowest BCUT2D eigenvalue weighted by atomic mass is 10.1. The highest BCUT2D eigenvalue weighted by atomic mass is 79.9. The van der Waals surface area contributed by atoms with Gasteiger partial charge in [0, 0.05) is 16.7 Å². The molecule has 0 heterocycles. The van der Waals surface area contributed by atoms with Gasteiger partial charge in [-0.3, -0.25) is 0 Å². The van der Waals surface area contributed by atoms with Crippen LogP contribution in [-0.2, 0) is 6.54 Å². The third-order valence-electron chi connectivity index (χ3n) is 2.90. The first-order valence-electron chi connectivity index (χ1n) is 5.81. The Bertz CT molecular complexity index is 566. The molecule has 18 heavy (non-hydrogen) atoms. The van der Waals surface area contributed by atoms with Crippen molar-refractivity contribution in [1.29, 1.82) is 0 Å². The van der Waals surface area contributed by atoms with Crippen molar-refractivity contribution in [3.8, 4) is 0 Å². The Hall–Kier alpha value is -1.35. The van der Waals surface area contributed by atoms with E-state index in [2.05, 4.69) is 34.2 Å². The Labute approximate surface area is 115 Å². The molecule has 94 valence electrons. The molecule has 0 amide bonds. The predicted octanol–water partition coefficient (Wildman–Crippen LogP) is 4.82. The van der Waals surface area contributed by atoms with Gasteiger partial charge in [-0.05, 0) is 48.7 Å². The lowest BCUT2D eigenvalue weighted by Gasteiger charge is -2.10. The quantitative estimate of drug-likeness (QED) is 0.857. The molecule has 0 unspecified atom stereocenters. The predicted molar refractivity (Wildman–Crippen MR) is 77.3 cm³/mol. The summed E-state index contributed by atoms with van der Waals surface area (Å²) in [4.78, 5) is 0. The summed E-state index contributed by atoms with van der Waals surface area (Å²) in [6.45, 7) is 4.53. The third kappa shape index (κ3) is 3.10. The lowest BCUT2D eigenvalue weighted by Crippen LogP contribution is -2.01. The largest absolute Gasteiger partial charge is 0.381 e. The van der Waals surface area contributed by atoms with E-state index in [9.17, 15) is 4.39 Å². The molecule has 0 fully saturated rings. The van der Waals surface area contributed by atoms with Crippen LogP contribution in [0.5, 0.6) is 0 Å². The number of anilines is 1. The minimum atomic E-state index is -0.155. The Morgan fingerprint density at radius 1 is 1.06 bits per heavy atom. The van der Waals surface area contributed by atoms with Crippen molar-refractivity contribution in [2.75, 3.05) is 5.32 Å². The molecule has 0 aliphatic rings. The zero-order valence-electron chi connectivity index (χ0n) is 10.4. The standard InChI is InChI=1S/C15H15BrFN/c1-10-3-5-13(16)8-15(10)18-9-12-4-6-14(17)11(2)7-12/h3-8,18H,9H2,1-2H3. The topological polar surface area (TPSA) is 12.0 Å². The third-order valence-corrected chi connectivity index (χ3v) is 3.40. The number of benzene rings is 2. The number of halogens is 2. The molecule has 0 spiro atoms. The maximum Gasteiger partial charge on any atom is 0.126 e. The molecule has 3 heteroatoms. The first-order valence-corrected chi connectivity index (χ1v) is 6.60. The van der Waals surface area contributed by atoms with Crippen molar-refractivity contribution in [2.45, 2.75) is 20.4 Å². The molecule has 0 aliphatic heterocycles. The second-order valence-electron chi connectivity index (χ2n) is 4.40. The van der Waals surface area contributed by atoms with Crippen LogP contribution in [0.1, 0.15) is 16.7 Å². The van der Waals surface area contributed by atoms with Crippen molar-refractivity contribution < 1.29 is 4.39 Å². The second kappa shape index (κ2) is 5.53. The van der Waals surface area contributed by atoms with Gasteiger partial charge in [-0.1, -0.05) is 34.1 Å². The van der Waals surface area contributed by atoms with Gasteiger partial charge < -0.3 is 5.32 Å². The molecule has 2 aromatic rings. The van der Waals surface area contributed by atoms with Crippen LogP contribution in [0, 0.1) is 19.7 Å². The highest BCUT2D eigenvalue weighted by Crippen LogP contribution is 2.21. The normalized spacial score (nSPS) is 10.4. The van der Waals surface area contributed by atoms with Gasteiger partial charge in [-0.25, -0.2) is 4.39 Å². The Balaban J connectivity index is 2.11. The number of rotatable bonds is 3. The molecular weight excluding hydrogens is 293 g/mol. The van der Waals surface area contributed by atoms with Crippen LogP contribution in [-0.4, -0.2) is 0 Å².